The molecule has 0 aliphatic carbocycles. The highest BCUT2D eigenvalue weighted by molar-refractivity contribution is 6.39. The Morgan fingerprint density at radius 2 is 2.04 bits per heavy atom. The van der Waals surface area contributed by atoms with Crippen LogP contribution in [0.25, 0.3) is 0 Å². The van der Waals surface area contributed by atoms with Crippen molar-refractivity contribution in [3.05, 3.63) is 35.9 Å². The molecule has 0 saturated heterocycles. The van der Waals surface area contributed by atoms with E-state index in [1.807, 2.05) is 30.3 Å². The minimum absolute atomic E-state index is 0.150. The Bertz CT molecular complexity index is 660. The summed E-state index contributed by atoms with van der Waals surface area (Å²) in [6.07, 6.45) is 0.499. The summed E-state index contributed by atoms with van der Waals surface area (Å²) < 4.78 is 4.85. The molecule has 1 unspecified atom stereocenters. The third kappa shape index (κ3) is 5.39. The topological polar surface area (TPSA) is 108 Å². The fraction of sp³-hybridized carbons (Fsp3) is 0.412. The SMILES string of the molecule is COCCC(NC(=O)C1=NN(Cc2ccccc2)C(=O)CC1)C(=O)O. The highest BCUT2D eigenvalue weighted by atomic mass is 16.5. The summed E-state index contributed by atoms with van der Waals surface area (Å²) in [5.74, 6) is -1.89. The standard InChI is InChI=1S/C17H21N3O5/c1-25-10-9-14(17(23)24)18-16(22)13-7-8-15(21)20(19-13)11-12-5-3-2-4-6-12/h2-6,14H,7-11H2,1H3,(H,18,22)(H,23,24). The van der Waals surface area contributed by atoms with Gasteiger partial charge in [-0.2, -0.15) is 5.10 Å². The van der Waals surface area contributed by atoms with Crippen molar-refractivity contribution < 1.29 is 24.2 Å². The van der Waals surface area contributed by atoms with Crippen LogP contribution in [0.2, 0.25) is 0 Å². The maximum absolute atomic E-state index is 12.3. The Morgan fingerprint density at radius 3 is 2.68 bits per heavy atom. The Morgan fingerprint density at radius 1 is 1.32 bits per heavy atom. The molecule has 2 amide bonds. The number of amides is 2. The van der Waals surface area contributed by atoms with Gasteiger partial charge in [0.1, 0.15) is 11.8 Å². The zero-order valence-corrected chi connectivity index (χ0v) is 14.0. The Kier molecular flexibility index (Phi) is 6.64. The second-order valence-corrected chi connectivity index (χ2v) is 5.63. The molecule has 0 bridgehead atoms. The van der Waals surface area contributed by atoms with Crippen molar-refractivity contribution in [2.45, 2.75) is 31.8 Å². The number of methoxy groups -OCH3 is 1. The maximum atomic E-state index is 12.3. The highest BCUT2D eigenvalue weighted by Crippen LogP contribution is 2.14. The number of benzene rings is 1. The molecule has 1 aromatic carbocycles. The van der Waals surface area contributed by atoms with Crippen LogP contribution in [0.5, 0.6) is 0 Å². The van der Waals surface area contributed by atoms with Crippen molar-refractivity contribution in [2.24, 2.45) is 5.10 Å². The van der Waals surface area contributed by atoms with Crippen LogP contribution in [0.15, 0.2) is 35.4 Å². The van der Waals surface area contributed by atoms with Gasteiger partial charge in [0.2, 0.25) is 5.91 Å². The lowest BCUT2D eigenvalue weighted by Gasteiger charge is -2.24. The van der Waals surface area contributed by atoms with Crippen LogP contribution in [0, 0.1) is 0 Å². The van der Waals surface area contributed by atoms with E-state index in [4.69, 9.17) is 9.84 Å². The van der Waals surface area contributed by atoms with E-state index in [0.717, 1.165) is 5.56 Å². The first-order valence-electron chi connectivity index (χ1n) is 7.95. The van der Waals surface area contributed by atoms with Crippen LogP contribution in [0.3, 0.4) is 0 Å². The molecule has 134 valence electrons. The molecular weight excluding hydrogens is 326 g/mol. The summed E-state index contributed by atoms with van der Waals surface area (Å²) in [4.78, 5) is 35.5. The van der Waals surface area contributed by atoms with Gasteiger partial charge < -0.3 is 15.2 Å². The average molecular weight is 347 g/mol. The second kappa shape index (κ2) is 8.93. The summed E-state index contributed by atoms with van der Waals surface area (Å²) >= 11 is 0. The lowest BCUT2D eigenvalue weighted by molar-refractivity contribution is -0.141. The van der Waals surface area contributed by atoms with Gasteiger partial charge in [0.05, 0.1) is 6.54 Å². The molecular formula is C17H21N3O5. The van der Waals surface area contributed by atoms with Gasteiger partial charge in [-0.05, 0) is 5.56 Å². The van der Waals surface area contributed by atoms with Gasteiger partial charge in [0, 0.05) is 33.0 Å². The van der Waals surface area contributed by atoms with Crippen molar-refractivity contribution in [3.63, 3.8) is 0 Å². The lowest BCUT2D eigenvalue weighted by Crippen LogP contribution is -2.46. The van der Waals surface area contributed by atoms with Gasteiger partial charge in [0.25, 0.3) is 5.91 Å². The monoisotopic (exact) mass is 347 g/mol. The molecule has 2 N–H and O–H groups in total. The summed E-state index contributed by atoms with van der Waals surface area (Å²) in [6.45, 7) is 0.477. The maximum Gasteiger partial charge on any atom is 0.326 e. The van der Waals surface area contributed by atoms with E-state index < -0.39 is 17.9 Å². The minimum atomic E-state index is -1.14. The van der Waals surface area contributed by atoms with Crippen molar-refractivity contribution in [1.82, 2.24) is 10.3 Å². The van der Waals surface area contributed by atoms with E-state index in [0.29, 0.717) is 0 Å². The van der Waals surface area contributed by atoms with E-state index in [-0.39, 0.29) is 44.0 Å². The van der Waals surface area contributed by atoms with Crippen molar-refractivity contribution in [2.75, 3.05) is 13.7 Å². The predicted octanol–water partition coefficient (Wildman–Crippen LogP) is 0.771. The summed E-state index contributed by atoms with van der Waals surface area (Å²) in [5.41, 5.74) is 1.05. The molecule has 0 aromatic heterocycles. The van der Waals surface area contributed by atoms with Gasteiger partial charge in [0.15, 0.2) is 0 Å². The van der Waals surface area contributed by atoms with Crippen molar-refractivity contribution in [1.29, 1.82) is 0 Å². The van der Waals surface area contributed by atoms with E-state index in [1.54, 1.807) is 0 Å². The molecule has 8 heteroatoms. The van der Waals surface area contributed by atoms with Crippen LogP contribution in [0.1, 0.15) is 24.8 Å². The molecule has 1 aliphatic rings. The van der Waals surface area contributed by atoms with Crippen molar-refractivity contribution in [3.8, 4) is 0 Å². The Balaban J connectivity index is 2.06. The molecule has 0 radical (unpaired) electrons. The zero-order valence-electron chi connectivity index (χ0n) is 14.0. The molecule has 2 rings (SSSR count). The second-order valence-electron chi connectivity index (χ2n) is 5.63. The largest absolute Gasteiger partial charge is 0.480 e. The molecule has 0 saturated carbocycles. The van der Waals surface area contributed by atoms with Gasteiger partial charge in [-0.1, -0.05) is 30.3 Å². The number of nitrogens with one attached hydrogen (secondary N) is 1. The van der Waals surface area contributed by atoms with E-state index in [9.17, 15) is 14.4 Å². The van der Waals surface area contributed by atoms with Gasteiger partial charge in [-0.3, -0.25) is 9.59 Å². The fourth-order valence-corrected chi connectivity index (χ4v) is 2.38. The number of carboxylic acids is 1. The normalized spacial score (nSPS) is 15.5. The number of rotatable bonds is 8. The number of hydrazone groups is 1. The molecule has 1 heterocycles. The number of carbonyl (C=O) groups excluding carboxylic acids is 2. The molecule has 25 heavy (non-hydrogen) atoms. The molecule has 0 spiro atoms. The zero-order chi connectivity index (χ0) is 18.2. The van der Waals surface area contributed by atoms with Crippen molar-refractivity contribution >= 4 is 23.5 Å². The Hall–Kier alpha value is -2.74. The van der Waals surface area contributed by atoms with E-state index >= 15 is 0 Å². The molecule has 1 aliphatic heterocycles. The average Bonchev–Trinajstić information content (AvgIpc) is 2.61. The number of hydrogen-bond acceptors (Lipinski definition) is 5. The first-order valence-corrected chi connectivity index (χ1v) is 7.95. The van der Waals surface area contributed by atoms with Crippen LogP contribution < -0.4 is 5.32 Å². The van der Waals surface area contributed by atoms with Crippen LogP contribution in [0.4, 0.5) is 0 Å². The Labute approximate surface area is 145 Å². The smallest absolute Gasteiger partial charge is 0.326 e. The number of aliphatic carboxylic acids is 1. The lowest BCUT2D eigenvalue weighted by atomic mass is 10.1. The summed E-state index contributed by atoms with van der Waals surface area (Å²) in [7, 11) is 1.46. The van der Waals surface area contributed by atoms with Crippen LogP contribution >= 0.6 is 0 Å². The number of carboxylic acid groups (broad SMARTS) is 1. The highest BCUT2D eigenvalue weighted by Gasteiger charge is 2.27. The predicted molar refractivity (Wildman–Crippen MR) is 89.7 cm³/mol. The van der Waals surface area contributed by atoms with Gasteiger partial charge in [-0.25, -0.2) is 9.80 Å². The number of hydrogen-bond donors (Lipinski definition) is 2. The molecule has 1 aromatic rings. The molecule has 0 fully saturated rings. The van der Waals surface area contributed by atoms with Crippen LogP contribution in [-0.2, 0) is 25.7 Å². The third-order valence-corrected chi connectivity index (χ3v) is 3.76. The first-order chi connectivity index (χ1) is 12.0. The third-order valence-electron chi connectivity index (χ3n) is 3.76. The quantitative estimate of drug-likeness (QED) is 0.722. The first kappa shape index (κ1) is 18.6. The van der Waals surface area contributed by atoms with E-state index in [2.05, 4.69) is 10.4 Å². The fourth-order valence-electron chi connectivity index (χ4n) is 2.38. The minimum Gasteiger partial charge on any atom is -0.480 e. The summed E-state index contributed by atoms with van der Waals surface area (Å²) in [5, 5.41) is 17.0. The summed E-state index contributed by atoms with van der Waals surface area (Å²) in [6, 6.07) is 8.25. The van der Waals surface area contributed by atoms with Gasteiger partial charge >= 0.3 is 5.97 Å². The van der Waals surface area contributed by atoms with Gasteiger partial charge in [-0.15, -0.1) is 0 Å². The number of carbonyl (C=O) groups is 3. The molecule has 1 atom stereocenters. The number of ether oxygens (including phenoxy) is 1. The number of nitrogens with zero attached hydrogens (tertiary/aromatic N) is 2. The van der Waals surface area contributed by atoms with E-state index in [1.165, 1.54) is 12.1 Å². The van der Waals surface area contributed by atoms with Crippen LogP contribution in [-0.4, -0.2) is 53.4 Å². The molecule has 8 nitrogen and oxygen atoms in total.